The number of ether oxygens (including phenoxy) is 1. The lowest BCUT2D eigenvalue weighted by molar-refractivity contribution is 0.382. The van der Waals surface area contributed by atoms with Crippen molar-refractivity contribution >= 4 is 9.84 Å². The average Bonchev–Trinajstić information content (AvgIpc) is 2.26. The highest BCUT2D eigenvalue weighted by atomic mass is 32.2. The maximum atomic E-state index is 13.9. The van der Waals surface area contributed by atoms with Crippen molar-refractivity contribution < 1.29 is 17.5 Å². The van der Waals surface area contributed by atoms with E-state index in [1.165, 1.54) is 26.2 Å². The zero-order valence-electron chi connectivity index (χ0n) is 9.98. The largest absolute Gasteiger partial charge is 0.494 e. The molecule has 1 aromatic carbocycles. The molecule has 1 aromatic rings. The summed E-state index contributed by atoms with van der Waals surface area (Å²) in [6.07, 6.45) is 1.08. The van der Waals surface area contributed by atoms with Gasteiger partial charge in [0.2, 0.25) is 0 Å². The molecule has 0 aliphatic heterocycles. The average molecular weight is 261 g/mol. The van der Waals surface area contributed by atoms with Gasteiger partial charge in [0, 0.05) is 17.9 Å². The van der Waals surface area contributed by atoms with E-state index in [2.05, 4.69) is 0 Å². The molecule has 0 bridgehead atoms. The Bertz CT molecular complexity index is 501. The summed E-state index contributed by atoms with van der Waals surface area (Å²) < 4.78 is 41.4. The Kier molecular flexibility index (Phi) is 4.11. The number of rotatable bonds is 4. The molecule has 2 unspecified atom stereocenters. The van der Waals surface area contributed by atoms with Gasteiger partial charge in [-0.05, 0) is 13.0 Å². The van der Waals surface area contributed by atoms with Gasteiger partial charge in [-0.1, -0.05) is 12.1 Å². The quantitative estimate of drug-likeness (QED) is 0.886. The standard InChI is InChI=1S/C11H16FNO3S/c1-7(17(3,14)15)11(13)8-5-4-6-9(16-2)10(8)12/h4-7,11H,13H2,1-3H3. The van der Waals surface area contributed by atoms with Gasteiger partial charge in [-0.25, -0.2) is 12.8 Å². The topological polar surface area (TPSA) is 69.4 Å². The highest BCUT2D eigenvalue weighted by Gasteiger charge is 2.27. The van der Waals surface area contributed by atoms with E-state index in [4.69, 9.17) is 10.5 Å². The summed E-state index contributed by atoms with van der Waals surface area (Å²) in [5, 5.41) is -0.857. The summed E-state index contributed by atoms with van der Waals surface area (Å²) >= 11 is 0. The van der Waals surface area contributed by atoms with E-state index in [9.17, 15) is 12.8 Å². The van der Waals surface area contributed by atoms with Gasteiger partial charge in [0.05, 0.1) is 12.4 Å². The van der Waals surface area contributed by atoms with Gasteiger partial charge >= 0.3 is 0 Å². The molecule has 6 heteroatoms. The summed E-state index contributed by atoms with van der Waals surface area (Å²) in [5.41, 5.74) is 5.92. The molecule has 1 rings (SSSR count). The minimum Gasteiger partial charge on any atom is -0.494 e. The Morgan fingerprint density at radius 3 is 2.47 bits per heavy atom. The Balaban J connectivity index is 3.17. The van der Waals surface area contributed by atoms with Crippen LogP contribution in [-0.4, -0.2) is 27.0 Å². The van der Waals surface area contributed by atoms with Crippen molar-refractivity contribution in [1.29, 1.82) is 0 Å². The summed E-state index contributed by atoms with van der Waals surface area (Å²) in [7, 11) is -1.98. The Hall–Kier alpha value is -1.14. The first-order chi connectivity index (χ1) is 7.79. The van der Waals surface area contributed by atoms with Crippen molar-refractivity contribution in [3.8, 4) is 5.75 Å². The van der Waals surface area contributed by atoms with E-state index in [-0.39, 0.29) is 11.3 Å². The number of hydrogen-bond donors (Lipinski definition) is 1. The fourth-order valence-corrected chi connectivity index (χ4v) is 2.14. The predicted molar refractivity (Wildman–Crippen MR) is 64.2 cm³/mol. The highest BCUT2D eigenvalue weighted by Crippen LogP contribution is 2.27. The van der Waals surface area contributed by atoms with E-state index in [1.807, 2.05) is 0 Å². The predicted octanol–water partition coefficient (Wildman–Crippen LogP) is 1.27. The molecule has 4 nitrogen and oxygen atoms in total. The van der Waals surface area contributed by atoms with Crippen molar-refractivity contribution in [2.75, 3.05) is 13.4 Å². The number of halogens is 1. The van der Waals surface area contributed by atoms with Gasteiger partial charge in [0.25, 0.3) is 0 Å². The third kappa shape index (κ3) is 2.95. The van der Waals surface area contributed by atoms with Crippen LogP contribution in [0.4, 0.5) is 4.39 Å². The summed E-state index contributed by atoms with van der Waals surface area (Å²) in [6, 6.07) is 3.58. The molecule has 0 fully saturated rings. The smallest absolute Gasteiger partial charge is 0.169 e. The first-order valence-electron chi connectivity index (χ1n) is 5.06. The summed E-state index contributed by atoms with van der Waals surface area (Å²) in [5.74, 6) is -0.559. The van der Waals surface area contributed by atoms with Crippen LogP contribution in [0.3, 0.4) is 0 Å². The molecule has 17 heavy (non-hydrogen) atoms. The molecular formula is C11H16FNO3S. The lowest BCUT2D eigenvalue weighted by Crippen LogP contribution is -2.31. The SMILES string of the molecule is COc1cccc(C(N)C(C)S(C)(=O)=O)c1F. The first-order valence-corrected chi connectivity index (χ1v) is 7.01. The van der Waals surface area contributed by atoms with Gasteiger partial charge in [-0.15, -0.1) is 0 Å². The molecule has 2 atom stereocenters. The third-order valence-corrected chi connectivity index (χ3v) is 4.40. The van der Waals surface area contributed by atoms with Gasteiger partial charge in [-0.3, -0.25) is 0 Å². The fraction of sp³-hybridized carbons (Fsp3) is 0.455. The molecule has 96 valence electrons. The van der Waals surface area contributed by atoms with Gasteiger partial charge in [0.15, 0.2) is 21.4 Å². The van der Waals surface area contributed by atoms with E-state index >= 15 is 0 Å². The van der Waals surface area contributed by atoms with Gasteiger partial charge < -0.3 is 10.5 Å². The summed E-state index contributed by atoms with van der Waals surface area (Å²) in [6.45, 7) is 1.46. The number of methoxy groups -OCH3 is 1. The van der Waals surface area contributed by atoms with Crippen LogP contribution in [0, 0.1) is 5.82 Å². The second-order valence-corrected chi connectivity index (χ2v) is 6.33. The number of sulfone groups is 1. The Morgan fingerprint density at radius 1 is 1.41 bits per heavy atom. The molecule has 2 N–H and O–H groups in total. The number of nitrogens with two attached hydrogens (primary N) is 1. The molecule has 0 spiro atoms. The van der Waals surface area contributed by atoms with Crippen LogP contribution in [0.5, 0.6) is 5.75 Å². The van der Waals surface area contributed by atoms with Crippen molar-refractivity contribution in [1.82, 2.24) is 0 Å². The second-order valence-electron chi connectivity index (χ2n) is 3.92. The van der Waals surface area contributed by atoms with Crippen LogP contribution in [0.25, 0.3) is 0 Å². The van der Waals surface area contributed by atoms with Crippen molar-refractivity contribution in [2.24, 2.45) is 5.73 Å². The third-order valence-electron chi connectivity index (χ3n) is 2.75. The van der Waals surface area contributed by atoms with Gasteiger partial charge in [0.1, 0.15) is 0 Å². The lowest BCUT2D eigenvalue weighted by atomic mass is 10.0. The molecular weight excluding hydrogens is 245 g/mol. The zero-order chi connectivity index (χ0) is 13.2. The molecule has 0 aromatic heterocycles. The van der Waals surface area contributed by atoms with E-state index in [0.29, 0.717) is 0 Å². The molecule has 0 saturated carbocycles. The normalized spacial score (nSPS) is 15.4. The number of benzene rings is 1. The van der Waals surface area contributed by atoms with Crippen molar-refractivity contribution in [3.63, 3.8) is 0 Å². The highest BCUT2D eigenvalue weighted by molar-refractivity contribution is 7.91. The molecule has 0 aliphatic rings. The van der Waals surface area contributed by atoms with Crippen LogP contribution in [0.15, 0.2) is 18.2 Å². The van der Waals surface area contributed by atoms with Crippen LogP contribution < -0.4 is 10.5 Å². The van der Waals surface area contributed by atoms with Crippen LogP contribution in [0.2, 0.25) is 0 Å². The molecule has 0 aliphatic carbocycles. The van der Waals surface area contributed by atoms with E-state index < -0.39 is 26.9 Å². The lowest BCUT2D eigenvalue weighted by Gasteiger charge is -2.19. The maximum Gasteiger partial charge on any atom is 0.169 e. The van der Waals surface area contributed by atoms with E-state index in [0.717, 1.165) is 6.26 Å². The Labute approximate surface area is 101 Å². The van der Waals surface area contributed by atoms with Crippen molar-refractivity contribution in [2.45, 2.75) is 18.2 Å². The molecule has 0 amide bonds. The van der Waals surface area contributed by atoms with Crippen LogP contribution in [0.1, 0.15) is 18.5 Å². The van der Waals surface area contributed by atoms with Crippen LogP contribution in [-0.2, 0) is 9.84 Å². The fourth-order valence-electron chi connectivity index (χ4n) is 1.46. The van der Waals surface area contributed by atoms with Gasteiger partial charge in [-0.2, -0.15) is 0 Å². The zero-order valence-corrected chi connectivity index (χ0v) is 10.8. The first kappa shape index (κ1) is 13.9. The van der Waals surface area contributed by atoms with Crippen LogP contribution >= 0.6 is 0 Å². The molecule has 0 heterocycles. The monoisotopic (exact) mass is 261 g/mol. The second kappa shape index (κ2) is 5.01. The minimum absolute atomic E-state index is 0.0543. The number of hydrogen-bond acceptors (Lipinski definition) is 4. The molecule has 0 saturated heterocycles. The van der Waals surface area contributed by atoms with E-state index in [1.54, 1.807) is 6.07 Å². The minimum atomic E-state index is -3.32. The van der Waals surface area contributed by atoms with Crippen molar-refractivity contribution in [3.05, 3.63) is 29.6 Å². The Morgan fingerprint density at radius 2 is 2.00 bits per heavy atom. The summed E-state index contributed by atoms with van der Waals surface area (Å²) in [4.78, 5) is 0. The maximum absolute atomic E-state index is 13.9. The molecule has 0 radical (unpaired) electrons.